The van der Waals surface area contributed by atoms with Crippen LogP contribution in [0.2, 0.25) is 10.0 Å². The molecule has 212 valence electrons. The van der Waals surface area contributed by atoms with Crippen molar-refractivity contribution >= 4 is 41.0 Å². The molecule has 1 unspecified atom stereocenters. The van der Waals surface area contributed by atoms with Gasteiger partial charge >= 0.3 is 0 Å². The zero-order chi connectivity index (χ0) is 28.9. The van der Waals surface area contributed by atoms with Crippen molar-refractivity contribution in [2.45, 2.75) is 38.7 Å². The van der Waals surface area contributed by atoms with Crippen LogP contribution in [0.3, 0.4) is 0 Å². The maximum absolute atomic E-state index is 13.6. The number of hydrogen-bond acceptors (Lipinski definition) is 4. The molecular formula is C32H32Cl2N4O3. The Morgan fingerprint density at radius 3 is 2.49 bits per heavy atom. The smallest absolute Gasteiger partial charge is 0.255 e. The minimum Gasteiger partial charge on any atom is -0.376 e. The van der Waals surface area contributed by atoms with Crippen molar-refractivity contribution in [1.29, 1.82) is 0 Å². The minimum absolute atomic E-state index is 0.149. The predicted octanol–water partition coefficient (Wildman–Crippen LogP) is 7.23. The molecular weight excluding hydrogens is 559 g/mol. The average Bonchev–Trinajstić information content (AvgIpc) is 3.63. The lowest BCUT2D eigenvalue weighted by molar-refractivity contribution is -0.117. The van der Waals surface area contributed by atoms with Gasteiger partial charge in [-0.25, -0.2) is 4.98 Å². The van der Waals surface area contributed by atoms with Crippen LogP contribution in [0.15, 0.2) is 79.0 Å². The molecule has 1 fully saturated rings. The molecule has 1 atom stereocenters. The summed E-state index contributed by atoms with van der Waals surface area (Å²) in [5.74, 6) is 0.00851. The van der Waals surface area contributed by atoms with Gasteiger partial charge in [-0.1, -0.05) is 79.5 Å². The summed E-state index contributed by atoms with van der Waals surface area (Å²) in [6.07, 6.45) is 3.48. The second-order valence-corrected chi connectivity index (χ2v) is 11.3. The summed E-state index contributed by atoms with van der Waals surface area (Å²) in [6.45, 7) is 5.00. The van der Waals surface area contributed by atoms with Gasteiger partial charge in [-0.05, 0) is 54.7 Å². The number of aromatic nitrogens is 2. The highest BCUT2D eigenvalue weighted by Crippen LogP contribution is 2.27. The Hall–Kier alpha value is -3.65. The highest BCUT2D eigenvalue weighted by molar-refractivity contribution is 6.36. The van der Waals surface area contributed by atoms with E-state index in [1.807, 2.05) is 53.2 Å². The summed E-state index contributed by atoms with van der Waals surface area (Å²) >= 11 is 12.4. The number of carbonyl (C=O) groups is 2. The Kier molecular flexibility index (Phi) is 9.08. The van der Waals surface area contributed by atoms with Gasteiger partial charge in [0.05, 0.1) is 22.4 Å². The molecule has 9 heteroatoms. The highest BCUT2D eigenvalue weighted by atomic mass is 35.5. The summed E-state index contributed by atoms with van der Waals surface area (Å²) < 4.78 is 7.63. The van der Waals surface area contributed by atoms with Crippen LogP contribution in [0.4, 0.5) is 5.95 Å². The second kappa shape index (κ2) is 12.9. The van der Waals surface area contributed by atoms with Gasteiger partial charge in [0.2, 0.25) is 11.9 Å². The maximum atomic E-state index is 13.6. The van der Waals surface area contributed by atoms with Gasteiger partial charge in [-0.15, -0.1) is 0 Å². The molecule has 0 saturated carbocycles. The number of anilines is 1. The fraction of sp³-hybridized carbons (Fsp3) is 0.281. The van der Waals surface area contributed by atoms with Crippen LogP contribution in [0.25, 0.3) is 16.9 Å². The fourth-order valence-corrected chi connectivity index (χ4v) is 5.35. The number of nitrogens with zero attached hydrogens (tertiary/aromatic N) is 3. The van der Waals surface area contributed by atoms with Gasteiger partial charge in [0, 0.05) is 35.6 Å². The first-order valence-electron chi connectivity index (χ1n) is 13.7. The first-order chi connectivity index (χ1) is 19.8. The highest BCUT2D eigenvalue weighted by Gasteiger charge is 2.27. The van der Waals surface area contributed by atoms with Crippen molar-refractivity contribution in [2.75, 3.05) is 25.0 Å². The quantitative estimate of drug-likeness (QED) is 0.223. The van der Waals surface area contributed by atoms with Crippen molar-refractivity contribution in [3.05, 3.63) is 100 Å². The van der Waals surface area contributed by atoms with Crippen LogP contribution in [-0.4, -0.2) is 52.1 Å². The average molecular weight is 592 g/mol. The van der Waals surface area contributed by atoms with E-state index in [2.05, 4.69) is 31.3 Å². The second-order valence-electron chi connectivity index (χ2n) is 10.4. The molecule has 0 bridgehead atoms. The van der Waals surface area contributed by atoms with Crippen LogP contribution in [0.1, 0.15) is 48.5 Å². The molecule has 3 aromatic carbocycles. The first-order valence-corrected chi connectivity index (χ1v) is 14.4. The third kappa shape index (κ3) is 6.99. The molecule has 0 aliphatic carbocycles. The number of ether oxygens (including phenoxy) is 1. The molecule has 1 aliphatic rings. The Morgan fingerprint density at radius 2 is 1.83 bits per heavy atom. The summed E-state index contributed by atoms with van der Waals surface area (Å²) in [4.78, 5) is 33.3. The molecule has 0 spiro atoms. The number of nitrogens with one attached hydrogen (secondary N) is 1. The lowest BCUT2D eigenvalue weighted by atomic mass is 10.0. The molecule has 2 amide bonds. The molecule has 41 heavy (non-hydrogen) atoms. The Balaban J connectivity index is 1.42. The van der Waals surface area contributed by atoms with Crippen LogP contribution in [0, 0.1) is 0 Å². The van der Waals surface area contributed by atoms with Crippen molar-refractivity contribution in [1.82, 2.24) is 14.5 Å². The van der Waals surface area contributed by atoms with E-state index in [4.69, 9.17) is 32.9 Å². The molecule has 0 radical (unpaired) electrons. The van der Waals surface area contributed by atoms with Crippen LogP contribution < -0.4 is 5.32 Å². The van der Waals surface area contributed by atoms with Crippen molar-refractivity contribution in [2.24, 2.45) is 0 Å². The van der Waals surface area contributed by atoms with E-state index < -0.39 is 0 Å². The number of rotatable bonds is 9. The third-order valence-corrected chi connectivity index (χ3v) is 7.64. The molecule has 4 aromatic rings. The van der Waals surface area contributed by atoms with Gasteiger partial charge < -0.3 is 9.64 Å². The largest absolute Gasteiger partial charge is 0.376 e. The number of carbonyl (C=O) groups excluding carboxylic acids is 2. The molecule has 7 nitrogen and oxygen atoms in total. The summed E-state index contributed by atoms with van der Waals surface area (Å²) in [7, 11) is 0. The van der Waals surface area contributed by atoms with Crippen molar-refractivity contribution < 1.29 is 14.3 Å². The van der Waals surface area contributed by atoms with E-state index in [0.717, 1.165) is 24.1 Å². The zero-order valence-electron chi connectivity index (χ0n) is 23.0. The van der Waals surface area contributed by atoms with Crippen molar-refractivity contribution in [3.8, 4) is 16.9 Å². The fourth-order valence-electron chi connectivity index (χ4n) is 4.86. The number of halogens is 2. The van der Waals surface area contributed by atoms with Gasteiger partial charge in [-0.2, -0.15) is 0 Å². The van der Waals surface area contributed by atoms with Gasteiger partial charge in [0.25, 0.3) is 5.91 Å². The van der Waals surface area contributed by atoms with E-state index >= 15 is 0 Å². The SMILES string of the molecule is CC(C)c1ccc(-n2cc(-c3ccccc3)nc2NC(=O)CN(CC2CCCO2)C(=O)c2ccc(Cl)cc2Cl)cc1. The molecule has 1 aromatic heterocycles. The minimum atomic E-state index is -0.383. The number of benzene rings is 3. The van der Waals surface area contributed by atoms with Crippen LogP contribution in [0.5, 0.6) is 0 Å². The number of amides is 2. The van der Waals surface area contributed by atoms with Gasteiger partial charge in [0.15, 0.2) is 0 Å². The zero-order valence-corrected chi connectivity index (χ0v) is 24.5. The molecule has 2 heterocycles. The van der Waals surface area contributed by atoms with E-state index in [9.17, 15) is 9.59 Å². The predicted molar refractivity (Wildman–Crippen MR) is 163 cm³/mol. The van der Waals surface area contributed by atoms with Crippen LogP contribution >= 0.6 is 23.2 Å². The summed E-state index contributed by atoms with van der Waals surface area (Å²) in [6, 6.07) is 22.7. The van der Waals surface area contributed by atoms with E-state index in [1.165, 1.54) is 16.5 Å². The van der Waals surface area contributed by atoms with Crippen LogP contribution in [-0.2, 0) is 9.53 Å². The molecule has 5 rings (SSSR count). The third-order valence-electron chi connectivity index (χ3n) is 7.10. The lowest BCUT2D eigenvalue weighted by Crippen LogP contribution is -2.42. The number of hydrogen-bond donors (Lipinski definition) is 1. The lowest BCUT2D eigenvalue weighted by Gasteiger charge is -2.25. The first kappa shape index (κ1) is 28.9. The Bertz CT molecular complexity index is 1510. The van der Waals surface area contributed by atoms with Crippen molar-refractivity contribution in [3.63, 3.8) is 0 Å². The monoisotopic (exact) mass is 590 g/mol. The maximum Gasteiger partial charge on any atom is 0.255 e. The summed E-state index contributed by atoms with van der Waals surface area (Å²) in [5, 5.41) is 3.60. The van der Waals surface area contributed by atoms with E-state index in [0.29, 0.717) is 29.2 Å². The molecule has 1 N–H and O–H groups in total. The summed E-state index contributed by atoms with van der Waals surface area (Å²) in [5.41, 5.74) is 3.99. The van der Waals surface area contributed by atoms with E-state index in [-0.39, 0.29) is 41.6 Å². The Labute approximate surface area is 250 Å². The molecule has 1 saturated heterocycles. The topological polar surface area (TPSA) is 76.5 Å². The van der Waals surface area contributed by atoms with E-state index in [1.54, 1.807) is 12.1 Å². The van der Waals surface area contributed by atoms with Gasteiger partial charge in [-0.3, -0.25) is 19.5 Å². The normalized spacial score (nSPS) is 14.8. The van der Waals surface area contributed by atoms with Gasteiger partial charge in [0.1, 0.15) is 6.54 Å². The Morgan fingerprint density at radius 1 is 1.07 bits per heavy atom. The molecule has 1 aliphatic heterocycles. The number of imidazole rings is 1. The standard InChI is InChI=1S/C32H32Cl2N4O3/c1-21(2)22-10-13-25(14-11-22)38-19-29(23-7-4-3-5-8-23)35-32(38)36-30(39)20-37(18-26-9-6-16-41-26)31(40)27-15-12-24(33)17-28(27)34/h3-5,7-8,10-15,17,19,21,26H,6,9,16,18,20H2,1-2H3,(H,35,36,39).